The quantitative estimate of drug-likeness (QED) is 0.574. The normalized spacial score (nSPS) is 18.3. The molecule has 0 unspecified atom stereocenters. The summed E-state index contributed by atoms with van der Waals surface area (Å²) in [6.45, 7) is 2.67. The minimum Gasteiger partial charge on any atom is -0.475 e. The van der Waals surface area contributed by atoms with Crippen molar-refractivity contribution in [2.45, 2.75) is 50.7 Å². The SMILES string of the molecule is O=C(O)C(F)(F)F.O=C(c1ccccc1)N(CCS(=O)(=O)N1CCNCC1)C1CCCCCC1. The lowest BCUT2D eigenvalue weighted by molar-refractivity contribution is -0.192. The van der Waals surface area contributed by atoms with Gasteiger partial charge >= 0.3 is 12.1 Å². The van der Waals surface area contributed by atoms with Crippen molar-refractivity contribution in [2.24, 2.45) is 0 Å². The van der Waals surface area contributed by atoms with Crippen LogP contribution in [0.4, 0.5) is 13.2 Å². The van der Waals surface area contributed by atoms with Crippen molar-refractivity contribution >= 4 is 21.9 Å². The van der Waals surface area contributed by atoms with E-state index in [9.17, 15) is 26.4 Å². The second-order valence-electron chi connectivity index (χ2n) is 8.28. The Bertz CT molecular complexity index is 883. The summed E-state index contributed by atoms with van der Waals surface area (Å²) in [5.74, 6) is -2.80. The van der Waals surface area contributed by atoms with E-state index in [1.165, 1.54) is 12.8 Å². The Morgan fingerprint density at radius 1 is 1.03 bits per heavy atom. The number of carbonyl (C=O) groups is 2. The van der Waals surface area contributed by atoms with Gasteiger partial charge in [-0.15, -0.1) is 0 Å². The monoisotopic (exact) mass is 507 g/mol. The zero-order valence-electron chi connectivity index (χ0n) is 19.0. The minimum atomic E-state index is -5.08. The van der Waals surface area contributed by atoms with Crippen LogP contribution in [-0.4, -0.2) is 85.3 Å². The molecule has 0 aromatic heterocycles. The van der Waals surface area contributed by atoms with Gasteiger partial charge in [-0.25, -0.2) is 13.2 Å². The smallest absolute Gasteiger partial charge is 0.475 e. The summed E-state index contributed by atoms with van der Waals surface area (Å²) >= 11 is 0. The largest absolute Gasteiger partial charge is 0.490 e. The van der Waals surface area contributed by atoms with E-state index in [0.717, 1.165) is 25.7 Å². The first-order valence-electron chi connectivity index (χ1n) is 11.4. The molecule has 0 spiro atoms. The molecule has 8 nitrogen and oxygen atoms in total. The highest BCUT2D eigenvalue weighted by atomic mass is 32.2. The van der Waals surface area contributed by atoms with Crippen LogP contribution in [0.1, 0.15) is 48.9 Å². The highest BCUT2D eigenvalue weighted by Crippen LogP contribution is 2.24. The third-order valence-electron chi connectivity index (χ3n) is 5.85. The van der Waals surface area contributed by atoms with Crippen molar-refractivity contribution in [1.29, 1.82) is 0 Å². The number of amides is 1. The van der Waals surface area contributed by atoms with E-state index in [1.807, 2.05) is 35.2 Å². The van der Waals surface area contributed by atoms with E-state index in [1.54, 1.807) is 4.31 Å². The lowest BCUT2D eigenvalue weighted by Gasteiger charge is -2.33. The number of hydrogen-bond donors (Lipinski definition) is 2. The van der Waals surface area contributed by atoms with Gasteiger partial charge in [0.15, 0.2) is 0 Å². The van der Waals surface area contributed by atoms with Gasteiger partial charge in [0.1, 0.15) is 0 Å². The van der Waals surface area contributed by atoms with E-state index < -0.39 is 22.2 Å². The van der Waals surface area contributed by atoms with Gasteiger partial charge in [-0.1, -0.05) is 43.9 Å². The van der Waals surface area contributed by atoms with E-state index in [4.69, 9.17) is 9.90 Å². The second-order valence-corrected chi connectivity index (χ2v) is 10.4. The predicted molar refractivity (Wildman–Crippen MR) is 121 cm³/mol. The molecule has 2 fully saturated rings. The van der Waals surface area contributed by atoms with Crippen LogP contribution in [0.5, 0.6) is 0 Å². The minimum absolute atomic E-state index is 0.00206. The number of aliphatic carboxylic acids is 1. The van der Waals surface area contributed by atoms with Crippen LogP contribution in [0.2, 0.25) is 0 Å². The Morgan fingerprint density at radius 3 is 2.06 bits per heavy atom. The molecule has 2 aliphatic rings. The Morgan fingerprint density at radius 2 is 1.56 bits per heavy atom. The van der Waals surface area contributed by atoms with E-state index in [-0.39, 0.29) is 24.2 Å². The van der Waals surface area contributed by atoms with Gasteiger partial charge in [-0.3, -0.25) is 4.79 Å². The van der Waals surface area contributed by atoms with Crippen LogP contribution in [0.3, 0.4) is 0 Å². The Kier molecular flexibility index (Phi) is 10.8. The summed E-state index contributed by atoms with van der Waals surface area (Å²) in [4.78, 5) is 23.9. The molecule has 192 valence electrons. The first kappa shape index (κ1) is 28.1. The maximum atomic E-state index is 13.2. The summed E-state index contributed by atoms with van der Waals surface area (Å²) in [5.41, 5.74) is 0.640. The fourth-order valence-corrected chi connectivity index (χ4v) is 5.46. The summed E-state index contributed by atoms with van der Waals surface area (Å²) in [7, 11) is -3.34. The third kappa shape index (κ3) is 8.88. The first-order chi connectivity index (χ1) is 16.0. The molecular weight excluding hydrogens is 475 g/mol. The molecule has 1 aliphatic heterocycles. The number of benzene rings is 1. The zero-order valence-corrected chi connectivity index (χ0v) is 19.8. The lowest BCUT2D eigenvalue weighted by Crippen LogP contribution is -2.49. The van der Waals surface area contributed by atoms with Gasteiger partial charge in [-0.2, -0.15) is 17.5 Å². The van der Waals surface area contributed by atoms with Gasteiger partial charge in [0.25, 0.3) is 5.91 Å². The molecule has 0 atom stereocenters. The molecule has 0 bridgehead atoms. The number of halogens is 3. The molecule has 1 aromatic rings. The number of hydrogen-bond acceptors (Lipinski definition) is 5. The van der Waals surface area contributed by atoms with Crippen molar-refractivity contribution in [2.75, 3.05) is 38.5 Å². The van der Waals surface area contributed by atoms with Crippen LogP contribution in [0.15, 0.2) is 30.3 Å². The molecule has 1 saturated heterocycles. The molecule has 34 heavy (non-hydrogen) atoms. The van der Waals surface area contributed by atoms with Gasteiger partial charge in [0.05, 0.1) is 5.75 Å². The molecule has 1 aliphatic carbocycles. The number of carboxylic acids is 1. The zero-order chi connectivity index (χ0) is 25.2. The lowest BCUT2D eigenvalue weighted by atomic mass is 10.1. The van der Waals surface area contributed by atoms with Gasteiger partial charge < -0.3 is 15.3 Å². The van der Waals surface area contributed by atoms with Crippen molar-refractivity contribution in [3.8, 4) is 0 Å². The first-order valence-corrected chi connectivity index (χ1v) is 13.0. The standard InChI is InChI=1S/C20H31N3O3S.C2HF3O2/c24-20(18-8-4-3-5-9-18)23(19-10-6-1-2-7-11-19)16-17-27(25,26)22-14-12-21-13-15-22;3-2(4,5)1(6)7/h3-5,8-9,19,21H,1-2,6-7,10-17H2;(H,6,7). The predicted octanol–water partition coefficient (Wildman–Crippen LogP) is 2.72. The van der Waals surface area contributed by atoms with Crippen LogP contribution in [0, 0.1) is 0 Å². The topological polar surface area (TPSA) is 107 Å². The van der Waals surface area contributed by atoms with Crippen molar-refractivity contribution < 1.29 is 36.3 Å². The molecular formula is C22H32F3N3O5S. The summed E-state index contributed by atoms with van der Waals surface area (Å²) < 4.78 is 58.8. The highest BCUT2D eigenvalue weighted by Gasteiger charge is 2.38. The van der Waals surface area contributed by atoms with E-state index in [2.05, 4.69) is 5.32 Å². The maximum Gasteiger partial charge on any atom is 0.490 e. The average Bonchev–Trinajstić information content (AvgIpc) is 3.09. The number of nitrogens with one attached hydrogen (secondary N) is 1. The Labute approximate surface area is 198 Å². The molecule has 1 saturated carbocycles. The number of carbonyl (C=O) groups excluding carboxylic acids is 1. The maximum absolute atomic E-state index is 13.2. The average molecular weight is 508 g/mol. The number of rotatable bonds is 6. The molecule has 1 aromatic carbocycles. The van der Waals surface area contributed by atoms with Crippen molar-refractivity contribution in [3.63, 3.8) is 0 Å². The summed E-state index contributed by atoms with van der Waals surface area (Å²) in [6, 6.07) is 9.37. The number of sulfonamides is 1. The number of alkyl halides is 3. The third-order valence-corrected chi connectivity index (χ3v) is 7.70. The molecule has 1 amide bonds. The van der Waals surface area contributed by atoms with Gasteiger partial charge in [-0.05, 0) is 25.0 Å². The molecule has 0 radical (unpaired) electrons. The van der Waals surface area contributed by atoms with E-state index >= 15 is 0 Å². The Hall–Kier alpha value is -2.18. The summed E-state index contributed by atoms with van der Waals surface area (Å²) in [6.07, 6.45) is 1.45. The van der Waals surface area contributed by atoms with Gasteiger partial charge in [0.2, 0.25) is 10.0 Å². The molecule has 1 heterocycles. The molecule has 3 rings (SSSR count). The van der Waals surface area contributed by atoms with Crippen LogP contribution < -0.4 is 5.32 Å². The van der Waals surface area contributed by atoms with Crippen LogP contribution in [-0.2, 0) is 14.8 Å². The fourth-order valence-electron chi connectivity index (χ4n) is 4.03. The van der Waals surface area contributed by atoms with Gasteiger partial charge in [0, 0.05) is 44.3 Å². The number of nitrogens with zero attached hydrogens (tertiary/aromatic N) is 2. The molecule has 2 N–H and O–H groups in total. The number of piperazine rings is 1. The fraction of sp³-hybridized carbons (Fsp3) is 0.636. The van der Waals surface area contributed by atoms with Crippen molar-refractivity contribution in [1.82, 2.24) is 14.5 Å². The van der Waals surface area contributed by atoms with Crippen LogP contribution in [0.25, 0.3) is 0 Å². The molecule has 12 heteroatoms. The Balaban J connectivity index is 0.000000509. The van der Waals surface area contributed by atoms with E-state index in [0.29, 0.717) is 31.7 Å². The second kappa shape index (κ2) is 13.1. The summed E-state index contributed by atoms with van der Waals surface area (Å²) in [5, 5.41) is 10.3. The van der Waals surface area contributed by atoms with Crippen molar-refractivity contribution in [3.05, 3.63) is 35.9 Å². The highest BCUT2D eigenvalue weighted by molar-refractivity contribution is 7.89. The van der Waals surface area contributed by atoms with Crippen LogP contribution >= 0.6 is 0 Å². The number of carboxylic acid groups (broad SMARTS) is 1.